The van der Waals surface area contributed by atoms with E-state index in [1.54, 1.807) is 6.20 Å². The van der Waals surface area contributed by atoms with Gasteiger partial charge in [-0.25, -0.2) is 0 Å². The first-order valence-electron chi connectivity index (χ1n) is 9.15. The molecule has 2 fully saturated rings. The summed E-state index contributed by atoms with van der Waals surface area (Å²) in [5.74, 6) is 1.25. The van der Waals surface area contributed by atoms with Crippen LogP contribution in [0.2, 0.25) is 0 Å². The second kappa shape index (κ2) is 7.55. The molecular formula is C19H24N4O3. The fourth-order valence-corrected chi connectivity index (χ4v) is 3.82. The predicted molar refractivity (Wildman–Crippen MR) is 94.0 cm³/mol. The number of piperidine rings is 1. The summed E-state index contributed by atoms with van der Waals surface area (Å²) in [6.07, 6.45) is 3.33. The molecule has 2 aromatic heterocycles. The third kappa shape index (κ3) is 3.94. The van der Waals surface area contributed by atoms with Crippen LogP contribution in [-0.2, 0) is 22.6 Å². The Bertz CT molecular complexity index is 748. The third-order valence-electron chi connectivity index (χ3n) is 5.16. The van der Waals surface area contributed by atoms with E-state index >= 15 is 0 Å². The summed E-state index contributed by atoms with van der Waals surface area (Å²) >= 11 is 0. The highest BCUT2D eigenvalue weighted by atomic mass is 16.5. The third-order valence-corrected chi connectivity index (χ3v) is 5.16. The van der Waals surface area contributed by atoms with Crippen LogP contribution in [0.15, 0.2) is 35.0 Å². The summed E-state index contributed by atoms with van der Waals surface area (Å²) in [7, 11) is 0. The van der Waals surface area contributed by atoms with Crippen LogP contribution < -0.4 is 5.32 Å². The lowest BCUT2D eigenvalue weighted by atomic mass is 9.91. The van der Waals surface area contributed by atoms with Crippen molar-refractivity contribution < 1.29 is 14.1 Å². The lowest BCUT2D eigenvalue weighted by Crippen LogP contribution is -2.42. The summed E-state index contributed by atoms with van der Waals surface area (Å²) in [4.78, 5) is 19.0. The van der Waals surface area contributed by atoms with Crippen molar-refractivity contribution in [2.75, 3.05) is 13.1 Å². The molecule has 0 bridgehead atoms. The maximum atomic E-state index is 12.4. The van der Waals surface area contributed by atoms with Gasteiger partial charge in [0.1, 0.15) is 11.9 Å². The number of carbonyl (C=O) groups is 1. The Balaban J connectivity index is 1.28. The molecule has 3 atom stereocenters. The Morgan fingerprint density at radius 3 is 3.08 bits per heavy atom. The van der Waals surface area contributed by atoms with E-state index in [-0.39, 0.29) is 18.1 Å². The van der Waals surface area contributed by atoms with Crippen LogP contribution in [0.4, 0.5) is 0 Å². The average Bonchev–Trinajstić information content (AvgIpc) is 3.26. The zero-order valence-corrected chi connectivity index (χ0v) is 14.9. The number of rotatable bonds is 5. The molecule has 7 heteroatoms. The highest BCUT2D eigenvalue weighted by Gasteiger charge is 2.41. The predicted octanol–water partition coefficient (Wildman–Crippen LogP) is 1.67. The van der Waals surface area contributed by atoms with E-state index in [0.717, 1.165) is 49.6 Å². The molecular weight excluding hydrogens is 332 g/mol. The molecule has 0 aliphatic carbocycles. The highest BCUT2D eigenvalue weighted by molar-refractivity contribution is 5.81. The molecule has 0 aromatic carbocycles. The monoisotopic (exact) mass is 356 g/mol. The van der Waals surface area contributed by atoms with E-state index in [2.05, 4.69) is 20.4 Å². The first-order valence-corrected chi connectivity index (χ1v) is 9.15. The van der Waals surface area contributed by atoms with Crippen molar-refractivity contribution in [1.29, 1.82) is 0 Å². The number of fused-ring (bicyclic) bond motifs is 1. The van der Waals surface area contributed by atoms with Gasteiger partial charge < -0.3 is 14.6 Å². The Hall–Kier alpha value is -2.25. The van der Waals surface area contributed by atoms with Gasteiger partial charge in [0.15, 0.2) is 0 Å². The van der Waals surface area contributed by atoms with Crippen LogP contribution in [0.1, 0.15) is 30.0 Å². The molecule has 1 amide bonds. The molecule has 1 N–H and O–H groups in total. The van der Waals surface area contributed by atoms with E-state index < -0.39 is 0 Å². The van der Waals surface area contributed by atoms with Crippen LogP contribution in [0.3, 0.4) is 0 Å². The molecule has 0 unspecified atom stereocenters. The molecule has 7 nitrogen and oxygen atoms in total. The molecule has 2 aliphatic rings. The van der Waals surface area contributed by atoms with E-state index in [4.69, 9.17) is 9.26 Å². The first-order chi connectivity index (χ1) is 12.7. The van der Waals surface area contributed by atoms with Gasteiger partial charge in [0.05, 0.1) is 24.0 Å². The van der Waals surface area contributed by atoms with Crippen molar-refractivity contribution in [3.63, 3.8) is 0 Å². The van der Waals surface area contributed by atoms with Crippen LogP contribution in [0.5, 0.6) is 0 Å². The van der Waals surface area contributed by atoms with E-state index in [1.807, 2.05) is 31.2 Å². The highest BCUT2D eigenvalue weighted by Crippen LogP contribution is 2.33. The van der Waals surface area contributed by atoms with Crippen molar-refractivity contribution in [2.45, 2.75) is 45.1 Å². The van der Waals surface area contributed by atoms with Crippen molar-refractivity contribution in [3.8, 4) is 0 Å². The molecule has 26 heavy (non-hydrogen) atoms. The zero-order valence-electron chi connectivity index (χ0n) is 14.9. The number of amides is 1. The topological polar surface area (TPSA) is 80.5 Å². The molecule has 0 spiro atoms. The quantitative estimate of drug-likeness (QED) is 0.878. The summed E-state index contributed by atoms with van der Waals surface area (Å²) in [5, 5.41) is 7.01. The minimum Gasteiger partial charge on any atom is -0.364 e. The van der Waals surface area contributed by atoms with Gasteiger partial charge in [-0.05, 0) is 44.4 Å². The van der Waals surface area contributed by atoms with Crippen LogP contribution in [-0.4, -0.2) is 46.2 Å². The summed E-state index contributed by atoms with van der Waals surface area (Å²) < 4.78 is 11.2. The number of ether oxygens (including phenoxy) is 1. The number of hydrogen-bond donors (Lipinski definition) is 1. The Labute approximate surface area is 152 Å². The fourth-order valence-electron chi connectivity index (χ4n) is 3.82. The number of nitrogens with zero attached hydrogens (tertiary/aromatic N) is 3. The SMILES string of the molecule is Cc1cc(CN2CC[C@H]3C[C@@H](C(=O)NCc4ccccn4)O[C@@H]3C2)no1. The van der Waals surface area contributed by atoms with Crippen molar-refractivity contribution in [3.05, 3.63) is 47.6 Å². The van der Waals surface area contributed by atoms with Gasteiger partial charge in [-0.1, -0.05) is 11.2 Å². The second-order valence-corrected chi connectivity index (χ2v) is 7.15. The summed E-state index contributed by atoms with van der Waals surface area (Å²) in [6, 6.07) is 7.65. The zero-order chi connectivity index (χ0) is 17.9. The minimum absolute atomic E-state index is 0.0382. The molecule has 0 saturated carbocycles. The van der Waals surface area contributed by atoms with Gasteiger partial charge in [0, 0.05) is 25.4 Å². The number of aryl methyl sites for hydroxylation is 1. The molecule has 4 rings (SSSR count). The van der Waals surface area contributed by atoms with Crippen molar-refractivity contribution in [2.24, 2.45) is 5.92 Å². The van der Waals surface area contributed by atoms with Gasteiger partial charge in [-0.15, -0.1) is 0 Å². The Morgan fingerprint density at radius 1 is 1.38 bits per heavy atom. The van der Waals surface area contributed by atoms with Gasteiger partial charge in [-0.3, -0.25) is 14.7 Å². The van der Waals surface area contributed by atoms with Gasteiger partial charge in [-0.2, -0.15) is 0 Å². The van der Waals surface area contributed by atoms with E-state index in [9.17, 15) is 4.79 Å². The molecule has 0 radical (unpaired) electrons. The first kappa shape index (κ1) is 17.2. The summed E-state index contributed by atoms with van der Waals surface area (Å²) in [6.45, 7) is 4.93. The summed E-state index contributed by atoms with van der Waals surface area (Å²) in [5.41, 5.74) is 1.80. The van der Waals surface area contributed by atoms with Gasteiger partial charge in [0.2, 0.25) is 5.91 Å². The number of hydrogen-bond acceptors (Lipinski definition) is 6. The number of carbonyl (C=O) groups excluding carboxylic acids is 1. The van der Waals surface area contributed by atoms with Crippen LogP contribution in [0.25, 0.3) is 0 Å². The molecule has 2 aliphatic heterocycles. The number of aromatic nitrogens is 2. The number of likely N-dealkylation sites (tertiary alicyclic amines) is 1. The molecule has 2 aromatic rings. The average molecular weight is 356 g/mol. The maximum Gasteiger partial charge on any atom is 0.249 e. The molecule has 4 heterocycles. The van der Waals surface area contributed by atoms with Crippen LogP contribution in [0, 0.1) is 12.8 Å². The lowest BCUT2D eigenvalue weighted by molar-refractivity contribution is -0.133. The maximum absolute atomic E-state index is 12.4. The van der Waals surface area contributed by atoms with E-state index in [1.165, 1.54) is 0 Å². The largest absolute Gasteiger partial charge is 0.364 e. The normalized spacial score (nSPS) is 25.8. The Morgan fingerprint density at radius 2 is 2.31 bits per heavy atom. The smallest absolute Gasteiger partial charge is 0.249 e. The van der Waals surface area contributed by atoms with Gasteiger partial charge >= 0.3 is 0 Å². The number of pyridine rings is 1. The molecule has 2 saturated heterocycles. The van der Waals surface area contributed by atoms with Crippen molar-refractivity contribution in [1.82, 2.24) is 20.4 Å². The second-order valence-electron chi connectivity index (χ2n) is 7.15. The Kier molecular flexibility index (Phi) is 4.99. The number of nitrogens with one attached hydrogen (secondary N) is 1. The standard InChI is InChI=1S/C19H24N4O3/c1-13-8-16(22-26-13)11-23-7-5-14-9-17(25-18(14)12-23)19(24)21-10-15-4-2-3-6-20-15/h2-4,6,8,14,17-18H,5,7,9-12H2,1H3,(H,21,24)/t14-,17-,18+/m0/s1. The minimum atomic E-state index is -0.358. The fraction of sp³-hybridized carbons (Fsp3) is 0.526. The van der Waals surface area contributed by atoms with E-state index in [0.29, 0.717) is 12.5 Å². The van der Waals surface area contributed by atoms with Crippen molar-refractivity contribution >= 4 is 5.91 Å². The molecule has 138 valence electrons. The van der Waals surface area contributed by atoms with Crippen LogP contribution >= 0.6 is 0 Å². The lowest BCUT2D eigenvalue weighted by Gasteiger charge is -2.33. The van der Waals surface area contributed by atoms with Gasteiger partial charge in [0.25, 0.3) is 0 Å².